The fourth-order valence-corrected chi connectivity index (χ4v) is 4.93. The molecule has 9 nitrogen and oxygen atoms in total. The summed E-state index contributed by atoms with van der Waals surface area (Å²) in [6, 6.07) is 17.2. The second kappa shape index (κ2) is 12.4. The maximum Gasteiger partial charge on any atom is 0.203 e. The molecule has 3 aromatic carbocycles. The third-order valence-corrected chi connectivity index (χ3v) is 7.10. The van der Waals surface area contributed by atoms with Gasteiger partial charge in [0, 0.05) is 5.56 Å². The second-order valence-electron chi connectivity index (χ2n) is 10.6. The Kier molecular flexibility index (Phi) is 8.47. The summed E-state index contributed by atoms with van der Waals surface area (Å²) in [7, 11) is 4.65. The minimum Gasteiger partial charge on any atom is -0.493 e. The zero-order chi connectivity index (χ0) is 29.7. The monoisotopic (exact) mass is 569 g/mol. The Morgan fingerprint density at radius 3 is 2.43 bits per heavy atom. The Labute approximate surface area is 245 Å². The van der Waals surface area contributed by atoms with Crippen LogP contribution < -0.4 is 23.7 Å². The van der Waals surface area contributed by atoms with E-state index in [0.29, 0.717) is 40.8 Å². The molecule has 0 saturated carbocycles. The zero-order valence-corrected chi connectivity index (χ0v) is 24.5. The number of benzene rings is 3. The minimum absolute atomic E-state index is 0.158. The number of nitrogens with zero attached hydrogens (tertiary/aromatic N) is 3. The molecule has 0 spiro atoms. The number of ketones is 1. The average molecular weight is 570 g/mol. The first-order valence-electron chi connectivity index (χ1n) is 13.7. The summed E-state index contributed by atoms with van der Waals surface area (Å²) >= 11 is 0. The molecule has 0 aliphatic carbocycles. The molecule has 1 aliphatic rings. The van der Waals surface area contributed by atoms with E-state index in [1.54, 1.807) is 50.3 Å². The van der Waals surface area contributed by atoms with Crippen molar-refractivity contribution in [3.63, 3.8) is 0 Å². The Balaban J connectivity index is 1.41. The molecule has 9 heteroatoms. The molecule has 0 radical (unpaired) electrons. The average Bonchev–Trinajstić information content (AvgIpc) is 3.44. The maximum atomic E-state index is 13.6. The summed E-state index contributed by atoms with van der Waals surface area (Å²) in [6.45, 7) is 4.87. The van der Waals surface area contributed by atoms with E-state index in [1.807, 2.05) is 42.6 Å². The standard InChI is InChI=1S/C33H35N3O6/c1-33(2)16-15-26-28(42-33)14-12-25(27(37)13-11-23-17-29(38-3)32(40-5)30(18-23)39-4)31(26)41-21-24-20-36(35-34-24)19-22-9-7-6-8-10-22/h6-14,17-18,20H,15-16,19,21H2,1-5H3/b13-11+. The molecular formula is C33H35N3O6. The number of allylic oxidation sites excluding steroid dienone is 1. The van der Waals surface area contributed by atoms with E-state index in [4.69, 9.17) is 23.7 Å². The Morgan fingerprint density at radius 2 is 1.74 bits per heavy atom. The molecule has 0 bridgehead atoms. The number of aromatic nitrogens is 3. The van der Waals surface area contributed by atoms with Crippen LogP contribution in [0.5, 0.6) is 28.7 Å². The third kappa shape index (κ3) is 6.40. The van der Waals surface area contributed by atoms with Gasteiger partial charge in [-0.3, -0.25) is 4.79 Å². The van der Waals surface area contributed by atoms with Crippen LogP contribution in [0, 0.1) is 0 Å². The van der Waals surface area contributed by atoms with Crippen molar-refractivity contribution >= 4 is 11.9 Å². The SMILES string of the molecule is COc1cc(/C=C/C(=O)c2ccc3c(c2OCc2cn(Cc4ccccc4)nn2)CCC(C)(C)O3)cc(OC)c1OC. The number of methoxy groups -OCH3 is 3. The van der Waals surface area contributed by atoms with E-state index in [2.05, 4.69) is 24.2 Å². The summed E-state index contributed by atoms with van der Waals surface area (Å²) in [5.41, 5.74) is 3.52. The summed E-state index contributed by atoms with van der Waals surface area (Å²) in [5.74, 6) is 2.50. The highest BCUT2D eigenvalue weighted by Crippen LogP contribution is 2.41. The van der Waals surface area contributed by atoms with Crippen LogP contribution in [0.2, 0.25) is 0 Å². The molecule has 218 valence electrons. The summed E-state index contributed by atoms with van der Waals surface area (Å²) in [5, 5.41) is 8.53. The van der Waals surface area contributed by atoms with Gasteiger partial charge in [0.05, 0.1) is 39.6 Å². The van der Waals surface area contributed by atoms with E-state index < -0.39 is 0 Å². The molecule has 2 heterocycles. The van der Waals surface area contributed by atoms with Gasteiger partial charge in [0.25, 0.3) is 0 Å². The number of rotatable bonds is 11. The number of hydrogen-bond donors (Lipinski definition) is 0. The molecule has 4 aromatic rings. The molecule has 0 fully saturated rings. The topological polar surface area (TPSA) is 93.9 Å². The van der Waals surface area contributed by atoms with Gasteiger partial charge < -0.3 is 23.7 Å². The van der Waals surface area contributed by atoms with Crippen LogP contribution >= 0.6 is 0 Å². The molecule has 0 amide bonds. The molecule has 1 aliphatic heterocycles. The lowest BCUT2D eigenvalue weighted by atomic mass is 9.91. The first kappa shape index (κ1) is 28.7. The fourth-order valence-electron chi connectivity index (χ4n) is 4.93. The second-order valence-corrected chi connectivity index (χ2v) is 10.6. The highest BCUT2D eigenvalue weighted by molar-refractivity contribution is 6.09. The van der Waals surface area contributed by atoms with Crippen molar-refractivity contribution < 1.29 is 28.5 Å². The molecule has 0 saturated heterocycles. The van der Waals surface area contributed by atoms with E-state index >= 15 is 0 Å². The lowest BCUT2D eigenvalue weighted by molar-refractivity contribution is 0.0829. The largest absolute Gasteiger partial charge is 0.493 e. The Hall–Kier alpha value is -4.79. The molecule has 5 rings (SSSR count). The van der Waals surface area contributed by atoms with Crippen LogP contribution in [-0.2, 0) is 19.6 Å². The summed E-state index contributed by atoms with van der Waals surface area (Å²) in [4.78, 5) is 13.6. The van der Waals surface area contributed by atoms with Gasteiger partial charge in [-0.05, 0) is 68.2 Å². The number of fused-ring (bicyclic) bond motifs is 1. The van der Waals surface area contributed by atoms with Gasteiger partial charge in [-0.2, -0.15) is 0 Å². The predicted molar refractivity (Wildman–Crippen MR) is 159 cm³/mol. The van der Waals surface area contributed by atoms with Crippen molar-refractivity contribution in [1.29, 1.82) is 0 Å². The van der Waals surface area contributed by atoms with Crippen LogP contribution in [0.15, 0.2) is 66.9 Å². The third-order valence-electron chi connectivity index (χ3n) is 7.10. The van der Waals surface area contributed by atoms with Crippen LogP contribution in [-0.4, -0.2) is 47.7 Å². The lowest BCUT2D eigenvalue weighted by Gasteiger charge is -2.33. The smallest absolute Gasteiger partial charge is 0.203 e. The summed E-state index contributed by atoms with van der Waals surface area (Å²) < 4.78 is 30.6. The number of carbonyl (C=O) groups excluding carboxylic acids is 1. The highest BCUT2D eigenvalue weighted by Gasteiger charge is 2.30. The van der Waals surface area contributed by atoms with Gasteiger partial charge in [0.2, 0.25) is 5.75 Å². The number of ether oxygens (including phenoxy) is 5. The van der Waals surface area contributed by atoms with Crippen LogP contribution in [0.25, 0.3) is 6.08 Å². The van der Waals surface area contributed by atoms with Gasteiger partial charge in [0.1, 0.15) is 29.4 Å². The van der Waals surface area contributed by atoms with Crippen molar-refractivity contribution in [3.05, 3.63) is 94.8 Å². The van der Waals surface area contributed by atoms with Crippen molar-refractivity contribution in [1.82, 2.24) is 15.0 Å². The highest BCUT2D eigenvalue weighted by atomic mass is 16.5. The quantitative estimate of drug-likeness (QED) is 0.162. The van der Waals surface area contributed by atoms with Crippen molar-refractivity contribution in [2.45, 2.75) is 45.4 Å². The molecule has 0 N–H and O–H groups in total. The van der Waals surface area contributed by atoms with Gasteiger partial charge in [0.15, 0.2) is 17.3 Å². The molecular weight excluding hydrogens is 534 g/mol. The number of carbonyl (C=O) groups is 1. The molecule has 1 aromatic heterocycles. The Morgan fingerprint density at radius 1 is 1.00 bits per heavy atom. The van der Waals surface area contributed by atoms with Gasteiger partial charge in [-0.25, -0.2) is 4.68 Å². The van der Waals surface area contributed by atoms with Gasteiger partial charge in [-0.15, -0.1) is 5.10 Å². The van der Waals surface area contributed by atoms with E-state index in [1.165, 1.54) is 6.08 Å². The fraction of sp³-hybridized carbons (Fsp3) is 0.303. The van der Waals surface area contributed by atoms with E-state index in [-0.39, 0.29) is 18.0 Å². The van der Waals surface area contributed by atoms with Crippen LogP contribution in [0.1, 0.15) is 53.0 Å². The van der Waals surface area contributed by atoms with Crippen molar-refractivity contribution in [2.75, 3.05) is 21.3 Å². The number of hydrogen-bond acceptors (Lipinski definition) is 8. The Bertz CT molecular complexity index is 1570. The molecule has 42 heavy (non-hydrogen) atoms. The predicted octanol–water partition coefficient (Wildman–Crippen LogP) is 5.93. The maximum absolute atomic E-state index is 13.6. The van der Waals surface area contributed by atoms with Crippen LogP contribution in [0.4, 0.5) is 0 Å². The van der Waals surface area contributed by atoms with E-state index in [0.717, 1.165) is 35.3 Å². The van der Waals surface area contributed by atoms with Gasteiger partial charge in [-0.1, -0.05) is 41.6 Å². The molecule has 0 unspecified atom stereocenters. The minimum atomic E-state index is -0.303. The molecule has 0 atom stereocenters. The van der Waals surface area contributed by atoms with Crippen molar-refractivity contribution in [2.24, 2.45) is 0 Å². The van der Waals surface area contributed by atoms with Crippen molar-refractivity contribution in [3.8, 4) is 28.7 Å². The van der Waals surface area contributed by atoms with Gasteiger partial charge >= 0.3 is 0 Å². The summed E-state index contributed by atoms with van der Waals surface area (Å²) in [6.07, 6.45) is 6.59. The first-order valence-corrected chi connectivity index (χ1v) is 13.7. The first-order chi connectivity index (χ1) is 20.3. The normalized spacial score (nSPS) is 13.7. The van der Waals surface area contributed by atoms with E-state index in [9.17, 15) is 4.79 Å². The zero-order valence-electron chi connectivity index (χ0n) is 24.5. The van der Waals surface area contributed by atoms with Crippen LogP contribution in [0.3, 0.4) is 0 Å². The lowest BCUT2D eigenvalue weighted by Crippen LogP contribution is -2.33.